The summed E-state index contributed by atoms with van der Waals surface area (Å²) in [4.78, 5) is 7.67. The van der Waals surface area contributed by atoms with Crippen molar-refractivity contribution in [2.24, 2.45) is 0 Å². The second-order valence-corrected chi connectivity index (χ2v) is 5.62. The minimum Gasteiger partial charge on any atom is -0.375 e. The van der Waals surface area contributed by atoms with Crippen LogP contribution in [-0.4, -0.2) is 24.0 Å². The van der Waals surface area contributed by atoms with Gasteiger partial charge in [0.25, 0.3) is 0 Å². The number of benzene rings is 1. The number of anilines is 1. The lowest BCUT2D eigenvalue weighted by Gasteiger charge is -2.08. The number of halogens is 1. The third kappa shape index (κ3) is 2.97. The van der Waals surface area contributed by atoms with Crippen LogP contribution >= 0.6 is 22.9 Å². The van der Waals surface area contributed by atoms with Gasteiger partial charge in [-0.1, -0.05) is 23.7 Å². The number of rotatable bonds is 3. The largest absolute Gasteiger partial charge is 0.375 e. The van der Waals surface area contributed by atoms with Gasteiger partial charge >= 0.3 is 0 Å². The maximum Gasteiger partial charge on any atom is 0.180 e. The molecule has 0 amide bonds. The van der Waals surface area contributed by atoms with Crippen LogP contribution in [0.2, 0.25) is 5.02 Å². The molecule has 1 heterocycles. The van der Waals surface area contributed by atoms with Crippen LogP contribution in [0.4, 0.5) is 5.13 Å². The number of nitrogens with two attached hydrogens (primary N) is 1. The molecule has 2 aromatic rings. The SMILES string of the molecule is CN(C)Cc1sc(N)nc1-c1ccc(Cl)cc1. The van der Waals surface area contributed by atoms with Gasteiger partial charge in [-0.25, -0.2) is 4.98 Å². The van der Waals surface area contributed by atoms with Crippen LogP contribution in [0.25, 0.3) is 11.3 Å². The van der Waals surface area contributed by atoms with Crippen molar-refractivity contribution in [2.45, 2.75) is 6.54 Å². The summed E-state index contributed by atoms with van der Waals surface area (Å²) in [5.74, 6) is 0. The Balaban J connectivity index is 2.40. The van der Waals surface area contributed by atoms with E-state index >= 15 is 0 Å². The fourth-order valence-corrected chi connectivity index (χ4v) is 2.70. The van der Waals surface area contributed by atoms with Gasteiger partial charge in [0, 0.05) is 22.0 Å². The lowest BCUT2D eigenvalue weighted by atomic mass is 10.1. The molecule has 3 nitrogen and oxygen atoms in total. The highest BCUT2D eigenvalue weighted by atomic mass is 35.5. The summed E-state index contributed by atoms with van der Waals surface area (Å²) in [7, 11) is 4.06. The molecule has 0 fully saturated rings. The van der Waals surface area contributed by atoms with Gasteiger partial charge in [0.1, 0.15) is 0 Å². The van der Waals surface area contributed by atoms with Gasteiger partial charge in [-0.2, -0.15) is 0 Å². The van der Waals surface area contributed by atoms with Crippen LogP contribution in [0.1, 0.15) is 4.88 Å². The van der Waals surface area contributed by atoms with E-state index in [0.29, 0.717) is 5.13 Å². The highest BCUT2D eigenvalue weighted by Gasteiger charge is 2.12. The van der Waals surface area contributed by atoms with E-state index < -0.39 is 0 Å². The molecule has 0 saturated carbocycles. The van der Waals surface area contributed by atoms with Crippen LogP contribution in [-0.2, 0) is 6.54 Å². The molecule has 0 saturated heterocycles. The Bertz CT molecular complexity index is 505. The topological polar surface area (TPSA) is 42.1 Å². The molecule has 2 N–H and O–H groups in total. The highest BCUT2D eigenvalue weighted by Crippen LogP contribution is 2.30. The van der Waals surface area contributed by atoms with Gasteiger partial charge in [-0.05, 0) is 26.2 Å². The van der Waals surface area contributed by atoms with E-state index in [-0.39, 0.29) is 0 Å². The van der Waals surface area contributed by atoms with Crippen molar-refractivity contribution < 1.29 is 0 Å². The third-order valence-corrected chi connectivity index (χ3v) is 3.41. The predicted octanol–water partition coefficient (Wildman–Crippen LogP) is 3.11. The van der Waals surface area contributed by atoms with Crippen molar-refractivity contribution in [3.05, 3.63) is 34.2 Å². The standard InChI is InChI=1S/C12H14ClN3S/c1-16(2)7-10-11(15-12(14)17-10)8-3-5-9(13)6-4-8/h3-6H,7H2,1-2H3,(H2,14,15). The minimum absolute atomic E-state index is 0.604. The summed E-state index contributed by atoms with van der Waals surface area (Å²) < 4.78 is 0. The summed E-state index contributed by atoms with van der Waals surface area (Å²) in [6, 6.07) is 7.67. The van der Waals surface area contributed by atoms with Crippen molar-refractivity contribution >= 4 is 28.1 Å². The zero-order valence-electron chi connectivity index (χ0n) is 9.77. The van der Waals surface area contributed by atoms with E-state index in [1.165, 1.54) is 16.2 Å². The second kappa shape index (κ2) is 5.04. The molecule has 1 aromatic heterocycles. The molecular formula is C12H14ClN3S. The first-order chi connectivity index (χ1) is 8.06. The monoisotopic (exact) mass is 267 g/mol. The average molecular weight is 268 g/mol. The number of aromatic nitrogens is 1. The molecule has 5 heteroatoms. The molecule has 0 aliphatic rings. The molecular weight excluding hydrogens is 254 g/mol. The first-order valence-corrected chi connectivity index (χ1v) is 6.41. The van der Waals surface area contributed by atoms with E-state index in [1.807, 2.05) is 38.4 Å². The van der Waals surface area contributed by atoms with Gasteiger partial charge in [-0.3, -0.25) is 0 Å². The number of nitrogen functional groups attached to an aromatic ring is 1. The summed E-state index contributed by atoms with van der Waals surface area (Å²) in [5, 5.41) is 1.33. The lowest BCUT2D eigenvalue weighted by molar-refractivity contribution is 0.406. The molecule has 0 unspecified atom stereocenters. The van der Waals surface area contributed by atoms with E-state index in [4.69, 9.17) is 17.3 Å². The van der Waals surface area contributed by atoms with Gasteiger partial charge in [0.2, 0.25) is 0 Å². The Morgan fingerprint density at radius 3 is 2.53 bits per heavy atom. The second-order valence-electron chi connectivity index (χ2n) is 4.07. The molecule has 0 radical (unpaired) electrons. The van der Waals surface area contributed by atoms with Crippen molar-refractivity contribution in [1.82, 2.24) is 9.88 Å². The summed E-state index contributed by atoms with van der Waals surface area (Å²) in [6.07, 6.45) is 0. The molecule has 2 rings (SSSR count). The Morgan fingerprint density at radius 2 is 1.94 bits per heavy atom. The smallest absolute Gasteiger partial charge is 0.180 e. The molecule has 17 heavy (non-hydrogen) atoms. The van der Waals surface area contributed by atoms with Gasteiger partial charge in [0.15, 0.2) is 5.13 Å². The van der Waals surface area contributed by atoms with Crippen LogP contribution < -0.4 is 5.73 Å². The summed E-state index contributed by atoms with van der Waals surface area (Å²) in [5.41, 5.74) is 7.80. The molecule has 0 spiro atoms. The molecule has 0 bridgehead atoms. The maximum atomic E-state index is 5.88. The molecule has 1 aromatic carbocycles. The van der Waals surface area contributed by atoms with Gasteiger partial charge in [0.05, 0.1) is 5.69 Å². The van der Waals surface area contributed by atoms with E-state index in [1.54, 1.807) is 0 Å². The molecule has 0 aliphatic heterocycles. The molecule has 0 atom stereocenters. The highest BCUT2D eigenvalue weighted by molar-refractivity contribution is 7.15. The van der Waals surface area contributed by atoms with Crippen LogP contribution in [0.5, 0.6) is 0 Å². The molecule has 0 aliphatic carbocycles. The fourth-order valence-electron chi connectivity index (χ4n) is 1.60. The van der Waals surface area contributed by atoms with Crippen LogP contribution in [0, 0.1) is 0 Å². The van der Waals surface area contributed by atoms with Crippen LogP contribution in [0.3, 0.4) is 0 Å². The quantitative estimate of drug-likeness (QED) is 0.929. The van der Waals surface area contributed by atoms with Crippen LogP contribution in [0.15, 0.2) is 24.3 Å². The Morgan fingerprint density at radius 1 is 1.29 bits per heavy atom. The summed E-state index contributed by atoms with van der Waals surface area (Å²) in [6.45, 7) is 0.840. The van der Waals surface area contributed by atoms with Gasteiger partial charge < -0.3 is 10.6 Å². The predicted molar refractivity (Wildman–Crippen MR) is 74.4 cm³/mol. The van der Waals surface area contributed by atoms with E-state index in [9.17, 15) is 0 Å². The normalized spacial score (nSPS) is 11.1. The maximum absolute atomic E-state index is 5.88. The van der Waals surface area contributed by atoms with Crippen molar-refractivity contribution in [2.75, 3.05) is 19.8 Å². The average Bonchev–Trinajstić information content (AvgIpc) is 2.59. The number of nitrogens with zero attached hydrogens (tertiary/aromatic N) is 2. The number of thiazole rings is 1. The number of hydrogen-bond acceptors (Lipinski definition) is 4. The Kier molecular flexibility index (Phi) is 3.66. The minimum atomic E-state index is 0.604. The first kappa shape index (κ1) is 12.4. The van der Waals surface area contributed by atoms with Crippen molar-refractivity contribution in [3.8, 4) is 11.3 Å². The zero-order chi connectivity index (χ0) is 12.4. The first-order valence-electron chi connectivity index (χ1n) is 5.22. The lowest BCUT2D eigenvalue weighted by Crippen LogP contribution is -2.10. The summed E-state index contributed by atoms with van der Waals surface area (Å²) >= 11 is 7.41. The third-order valence-electron chi connectivity index (χ3n) is 2.29. The fraction of sp³-hybridized carbons (Fsp3) is 0.250. The van der Waals surface area contributed by atoms with E-state index in [0.717, 1.165) is 22.8 Å². The van der Waals surface area contributed by atoms with Crippen molar-refractivity contribution in [3.63, 3.8) is 0 Å². The number of hydrogen-bond donors (Lipinski definition) is 1. The Hall–Kier alpha value is -1.10. The van der Waals surface area contributed by atoms with E-state index in [2.05, 4.69) is 9.88 Å². The molecule has 90 valence electrons. The van der Waals surface area contributed by atoms with Gasteiger partial charge in [-0.15, -0.1) is 11.3 Å². The zero-order valence-corrected chi connectivity index (χ0v) is 11.3. The Labute approximate surface area is 110 Å². The van der Waals surface area contributed by atoms with Crippen molar-refractivity contribution in [1.29, 1.82) is 0 Å².